The fourth-order valence-electron chi connectivity index (χ4n) is 2.24. The van der Waals surface area contributed by atoms with Crippen LogP contribution in [0.3, 0.4) is 0 Å². The second-order valence-corrected chi connectivity index (χ2v) is 4.00. The van der Waals surface area contributed by atoms with Crippen molar-refractivity contribution >= 4 is 5.91 Å². The van der Waals surface area contributed by atoms with Gasteiger partial charge in [-0.15, -0.1) is 0 Å². The highest BCUT2D eigenvalue weighted by Gasteiger charge is 2.25. The number of hydrogen-bond acceptors (Lipinski definition) is 2. The van der Waals surface area contributed by atoms with Gasteiger partial charge in [-0.1, -0.05) is 0 Å². The second-order valence-electron chi connectivity index (χ2n) is 4.00. The summed E-state index contributed by atoms with van der Waals surface area (Å²) in [6.45, 7) is 2.54. The monoisotopic (exact) mass is 204 g/mol. The molecule has 0 bridgehead atoms. The molecule has 1 atom stereocenters. The molecule has 3 nitrogen and oxygen atoms in total. The maximum Gasteiger partial charge on any atom is 0.219 e. The third-order valence-electron chi connectivity index (χ3n) is 3.00. The van der Waals surface area contributed by atoms with E-state index in [0.29, 0.717) is 0 Å². The van der Waals surface area contributed by atoms with Crippen LogP contribution in [0.4, 0.5) is 0 Å². The molecule has 1 amide bonds. The lowest BCUT2D eigenvalue weighted by molar-refractivity contribution is -0.132. The minimum Gasteiger partial charge on any atom is -0.336 e. The van der Waals surface area contributed by atoms with Gasteiger partial charge in [0.25, 0.3) is 0 Å². The molecule has 1 fully saturated rings. The summed E-state index contributed by atoms with van der Waals surface area (Å²) in [5, 5.41) is 0. The van der Waals surface area contributed by atoms with Crippen molar-refractivity contribution in [3.63, 3.8) is 0 Å². The Labute approximate surface area is 90.1 Å². The highest BCUT2D eigenvalue weighted by atomic mass is 16.2. The SMILES string of the molecule is CC(=O)N1CCCC[C@@H]1c1ccncc1. The molecular weight excluding hydrogens is 188 g/mol. The minimum atomic E-state index is 0.177. The number of pyridine rings is 1. The Hall–Kier alpha value is -1.38. The van der Waals surface area contributed by atoms with Crippen molar-refractivity contribution in [2.75, 3.05) is 6.54 Å². The Bertz CT molecular complexity index is 337. The zero-order valence-electron chi connectivity index (χ0n) is 9.02. The first-order valence-electron chi connectivity index (χ1n) is 5.46. The number of likely N-dealkylation sites (tertiary alicyclic amines) is 1. The highest BCUT2D eigenvalue weighted by molar-refractivity contribution is 5.73. The number of carbonyl (C=O) groups is 1. The molecular formula is C12H16N2O. The van der Waals surface area contributed by atoms with Crippen LogP contribution in [0, 0.1) is 0 Å². The molecule has 0 aliphatic carbocycles. The van der Waals surface area contributed by atoms with Gasteiger partial charge in [-0.2, -0.15) is 0 Å². The molecule has 80 valence electrons. The first kappa shape index (κ1) is 10.1. The molecule has 2 rings (SSSR count). The van der Waals surface area contributed by atoms with Crippen molar-refractivity contribution in [3.05, 3.63) is 30.1 Å². The number of carbonyl (C=O) groups excluding carboxylic acids is 1. The van der Waals surface area contributed by atoms with Crippen LogP contribution < -0.4 is 0 Å². The average molecular weight is 204 g/mol. The van der Waals surface area contributed by atoms with E-state index in [2.05, 4.69) is 4.98 Å². The molecule has 1 saturated heterocycles. The van der Waals surface area contributed by atoms with Crippen LogP contribution in [-0.4, -0.2) is 22.3 Å². The normalized spacial score (nSPS) is 21.4. The third kappa shape index (κ3) is 2.17. The summed E-state index contributed by atoms with van der Waals surface area (Å²) in [5.74, 6) is 0.177. The molecule has 0 unspecified atom stereocenters. The van der Waals surface area contributed by atoms with E-state index in [1.165, 1.54) is 12.0 Å². The fourth-order valence-corrected chi connectivity index (χ4v) is 2.24. The first-order valence-corrected chi connectivity index (χ1v) is 5.46. The molecule has 1 aromatic heterocycles. The fraction of sp³-hybridized carbons (Fsp3) is 0.500. The van der Waals surface area contributed by atoms with Gasteiger partial charge in [0, 0.05) is 25.9 Å². The summed E-state index contributed by atoms with van der Waals surface area (Å²) in [7, 11) is 0. The van der Waals surface area contributed by atoms with E-state index in [1.807, 2.05) is 17.0 Å². The van der Waals surface area contributed by atoms with Gasteiger partial charge in [-0.25, -0.2) is 0 Å². The Balaban J connectivity index is 2.22. The van der Waals surface area contributed by atoms with Crippen LogP contribution in [0.15, 0.2) is 24.5 Å². The standard InChI is InChI=1S/C12H16N2O/c1-10(15)14-9-3-2-4-12(14)11-5-7-13-8-6-11/h5-8,12H,2-4,9H2,1H3/t12-/m1/s1. The minimum absolute atomic E-state index is 0.177. The largest absolute Gasteiger partial charge is 0.336 e. The summed E-state index contributed by atoms with van der Waals surface area (Å²) in [4.78, 5) is 17.5. The lowest BCUT2D eigenvalue weighted by Crippen LogP contribution is -2.36. The summed E-state index contributed by atoms with van der Waals surface area (Å²) in [6, 6.07) is 4.27. The Morgan fingerprint density at radius 2 is 2.13 bits per heavy atom. The lowest BCUT2D eigenvalue weighted by Gasteiger charge is -2.35. The van der Waals surface area contributed by atoms with Crippen molar-refractivity contribution in [1.29, 1.82) is 0 Å². The van der Waals surface area contributed by atoms with Crippen LogP contribution in [0.5, 0.6) is 0 Å². The summed E-state index contributed by atoms with van der Waals surface area (Å²) < 4.78 is 0. The number of hydrogen-bond donors (Lipinski definition) is 0. The van der Waals surface area contributed by atoms with Crippen LogP contribution in [-0.2, 0) is 4.79 Å². The predicted molar refractivity (Wildman–Crippen MR) is 58.2 cm³/mol. The zero-order valence-corrected chi connectivity index (χ0v) is 9.02. The van der Waals surface area contributed by atoms with Gasteiger partial charge < -0.3 is 4.90 Å². The quantitative estimate of drug-likeness (QED) is 0.702. The number of nitrogens with zero attached hydrogens (tertiary/aromatic N) is 2. The molecule has 1 aliphatic heterocycles. The maximum absolute atomic E-state index is 11.5. The maximum atomic E-state index is 11.5. The summed E-state index contributed by atoms with van der Waals surface area (Å²) in [6.07, 6.45) is 6.99. The molecule has 0 saturated carbocycles. The van der Waals surface area contributed by atoms with E-state index in [1.54, 1.807) is 19.3 Å². The van der Waals surface area contributed by atoms with Gasteiger partial charge in [0.15, 0.2) is 0 Å². The van der Waals surface area contributed by atoms with Crippen LogP contribution >= 0.6 is 0 Å². The van der Waals surface area contributed by atoms with Crippen molar-refractivity contribution in [3.8, 4) is 0 Å². The molecule has 0 spiro atoms. The number of piperidine rings is 1. The molecule has 0 radical (unpaired) electrons. The zero-order chi connectivity index (χ0) is 10.7. The molecule has 1 aliphatic rings. The molecule has 15 heavy (non-hydrogen) atoms. The Kier molecular flexibility index (Phi) is 2.99. The van der Waals surface area contributed by atoms with Crippen LogP contribution in [0.2, 0.25) is 0 Å². The van der Waals surface area contributed by atoms with Gasteiger partial charge in [-0.05, 0) is 37.0 Å². The first-order chi connectivity index (χ1) is 7.29. The van der Waals surface area contributed by atoms with E-state index in [4.69, 9.17) is 0 Å². The molecule has 0 aromatic carbocycles. The topological polar surface area (TPSA) is 33.2 Å². The van der Waals surface area contributed by atoms with E-state index in [9.17, 15) is 4.79 Å². The number of amides is 1. The predicted octanol–water partition coefficient (Wildman–Crippen LogP) is 2.16. The van der Waals surface area contributed by atoms with E-state index in [0.717, 1.165) is 19.4 Å². The van der Waals surface area contributed by atoms with Crippen molar-refractivity contribution in [1.82, 2.24) is 9.88 Å². The second kappa shape index (κ2) is 4.43. The van der Waals surface area contributed by atoms with Gasteiger partial charge in [0.1, 0.15) is 0 Å². The number of rotatable bonds is 1. The van der Waals surface area contributed by atoms with E-state index >= 15 is 0 Å². The summed E-state index contributed by atoms with van der Waals surface area (Å²) >= 11 is 0. The average Bonchev–Trinajstić information content (AvgIpc) is 2.30. The molecule has 0 N–H and O–H groups in total. The highest BCUT2D eigenvalue weighted by Crippen LogP contribution is 2.30. The van der Waals surface area contributed by atoms with Crippen molar-refractivity contribution in [2.24, 2.45) is 0 Å². The van der Waals surface area contributed by atoms with Gasteiger partial charge in [-0.3, -0.25) is 9.78 Å². The Morgan fingerprint density at radius 1 is 1.40 bits per heavy atom. The third-order valence-corrected chi connectivity index (χ3v) is 3.00. The smallest absolute Gasteiger partial charge is 0.219 e. The van der Waals surface area contributed by atoms with E-state index in [-0.39, 0.29) is 11.9 Å². The van der Waals surface area contributed by atoms with Gasteiger partial charge in [0.05, 0.1) is 6.04 Å². The van der Waals surface area contributed by atoms with Crippen LogP contribution in [0.25, 0.3) is 0 Å². The Morgan fingerprint density at radius 3 is 2.80 bits per heavy atom. The van der Waals surface area contributed by atoms with Gasteiger partial charge >= 0.3 is 0 Å². The van der Waals surface area contributed by atoms with Crippen molar-refractivity contribution < 1.29 is 4.79 Å². The molecule has 3 heteroatoms. The van der Waals surface area contributed by atoms with Gasteiger partial charge in [0.2, 0.25) is 5.91 Å². The lowest BCUT2D eigenvalue weighted by atomic mass is 9.96. The summed E-state index contributed by atoms with van der Waals surface area (Å²) in [5.41, 5.74) is 1.21. The van der Waals surface area contributed by atoms with Crippen molar-refractivity contribution in [2.45, 2.75) is 32.2 Å². The van der Waals surface area contributed by atoms with E-state index < -0.39 is 0 Å². The molecule has 1 aromatic rings. The number of aromatic nitrogens is 1. The van der Waals surface area contributed by atoms with Crippen LogP contribution in [0.1, 0.15) is 37.8 Å². The molecule has 2 heterocycles.